The molecule has 2 aliphatic heterocycles. The first-order valence-electron chi connectivity index (χ1n) is 8.96. The lowest BCUT2D eigenvalue weighted by Crippen LogP contribution is -2.48. The monoisotopic (exact) mass is 392 g/mol. The lowest BCUT2D eigenvalue weighted by atomic mass is 9.90. The number of carbonyl (C=O) groups excluding carboxylic acids is 1. The molecule has 4 heterocycles. The summed E-state index contributed by atoms with van der Waals surface area (Å²) in [4.78, 5) is 21.5. The lowest BCUT2D eigenvalue weighted by Gasteiger charge is -2.41. The van der Waals surface area contributed by atoms with Crippen LogP contribution in [0.3, 0.4) is 0 Å². The highest BCUT2D eigenvalue weighted by Crippen LogP contribution is 2.51. The van der Waals surface area contributed by atoms with Gasteiger partial charge in [0.05, 0.1) is 11.3 Å². The van der Waals surface area contributed by atoms with E-state index in [2.05, 4.69) is 21.6 Å². The molecule has 1 unspecified atom stereocenters. The van der Waals surface area contributed by atoms with Crippen LogP contribution in [0.15, 0.2) is 59.9 Å². The van der Waals surface area contributed by atoms with E-state index in [1.54, 1.807) is 18.5 Å². The molecule has 0 saturated carbocycles. The Hall–Kier alpha value is -3.12. The van der Waals surface area contributed by atoms with Crippen molar-refractivity contribution in [1.29, 1.82) is 0 Å². The first kappa shape index (κ1) is 17.0. The summed E-state index contributed by atoms with van der Waals surface area (Å²) >= 11 is 6.14. The minimum atomic E-state index is -0.838. The Morgan fingerprint density at radius 3 is 2.75 bits per heavy atom. The van der Waals surface area contributed by atoms with Crippen LogP contribution >= 0.6 is 11.6 Å². The number of halogens is 1. The van der Waals surface area contributed by atoms with E-state index in [-0.39, 0.29) is 5.91 Å². The summed E-state index contributed by atoms with van der Waals surface area (Å²) in [6, 6.07) is 11.2. The Labute approximate surface area is 167 Å². The summed E-state index contributed by atoms with van der Waals surface area (Å²) in [6.07, 6.45) is 3.41. The number of hydrogen-bond donors (Lipinski definition) is 0. The van der Waals surface area contributed by atoms with Crippen molar-refractivity contribution in [2.45, 2.75) is 12.6 Å². The zero-order valence-electron chi connectivity index (χ0n) is 15.2. The summed E-state index contributed by atoms with van der Waals surface area (Å²) in [7, 11) is 0. The number of benzene rings is 1. The Balaban J connectivity index is 1.76. The zero-order valence-corrected chi connectivity index (χ0v) is 16.0. The van der Waals surface area contributed by atoms with Gasteiger partial charge in [-0.15, -0.1) is 0 Å². The Kier molecular flexibility index (Phi) is 3.61. The van der Waals surface area contributed by atoms with Gasteiger partial charge in [-0.3, -0.25) is 9.78 Å². The normalized spacial score (nSPS) is 20.4. The predicted molar refractivity (Wildman–Crippen MR) is 104 cm³/mol. The van der Waals surface area contributed by atoms with E-state index in [0.29, 0.717) is 40.8 Å². The predicted octanol–water partition coefficient (Wildman–Crippen LogP) is 3.67. The molecule has 0 N–H and O–H groups in total. The number of fused-ring (bicyclic) bond motifs is 3. The minimum absolute atomic E-state index is 0.0148. The van der Waals surface area contributed by atoms with Crippen molar-refractivity contribution in [2.24, 2.45) is 0 Å². The van der Waals surface area contributed by atoms with E-state index in [1.807, 2.05) is 42.2 Å². The molecule has 7 heteroatoms. The van der Waals surface area contributed by atoms with E-state index in [9.17, 15) is 4.79 Å². The van der Waals surface area contributed by atoms with E-state index in [1.165, 1.54) is 0 Å². The van der Waals surface area contributed by atoms with Gasteiger partial charge in [-0.05, 0) is 25.1 Å². The fourth-order valence-electron chi connectivity index (χ4n) is 4.33. The third kappa shape index (κ3) is 2.12. The van der Waals surface area contributed by atoms with Crippen LogP contribution in [0.4, 0.5) is 0 Å². The van der Waals surface area contributed by atoms with Crippen LogP contribution in [0.25, 0.3) is 5.70 Å². The van der Waals surface area contributed by atoms with Gasteiger partial charge in [0, 0.05) is 47.7 Å². The highest BCUT2D eigenvalue weighted by atomic mass is 35.5. The van der Waals surface area contributed by atoms with E-state index < -0.39 is 5.66 Å². The second kappa shape index (κ2) is 5.94. The molecule has 28 heavy (non-hydrogen) atoms. The molecule has 1 saturated heterocycles. The van der Waals surface area contributed by atoms with Crippen LogP contribution in [0, 0.1) is 6.92 Å². The maximum atomic E-state index is 13.2. The van der Waals surface area contributed by atoms with Gasteiger partial charge in [-0.1, -0.05) is 35.5 Å². The number of carbonyl (C=O) groups is 1. The number of aromatic nitrogens is 2. The van der Waals surface area contributed by atoms with Crippen molar-refractivity contribution in [3.05, 3.63) is 88.5 Å². The van der Waals surface area contributed by atoms with Gasteiger partial charge in [-0.25, -0.2) is 0 Å². The van der Waals surface area contributed by atoms with Crippen LogP contribution in [-0.2, 0) is 5.66 Å². The maximum absolute atomic E-state index is 13.2. The molecule has 2 aromatic heterocycles. The van der Waals surface area contributed by atoms with Crippen LogP contribution in [0.5, 0.6) is 0 Å². The SMILES string of the molecule is C=C(c1cc(C)on1)N1CCN2C(=O)c3ccncc3C12c1ccc(Cl)cc1. The number of nitrogens with zero attached hydrogens (tertiary/aromatic N) is 4. The maximum Gasteiger partial charge on any atom is 0.256 e. The molecule has 1 amide bonds. The number of aryl methyl sites for hydroxylation is 1. The molecule has 6 nitrogen and oxygen atoms in total. The molecule has 0 spiro atoms. The summed E-state index contributed by atoms with van der Waals surface area (Å²) in [5, 5.41) is 4.77. The molecule has 5 rings (SSSR count). The van der Waals surface area contributed by atoms with E-state index in [4.69, 9.17) is 16.1 Å². The molecule has 3 aromatic rings. The van der Waals surface area contributed by atoms with Gasteiger partial charge in [0.1, 0.15) is 11.5 Å². The molecule has 1 aromatic carbocycles. The highest BCUT2D eigenvalue weighted by Gasteiger charge is 2.58. The zero-order chi connectivity index (χ0) is 19.5. The van der Waals surface area contributed by atoms with Gasteiger partial charge in [0.2, 0.25) is 0 Å². The number of hydrogen-bond acceptors (Lipinski definition) is 5. The molecular weight excluding hydrogens is 376 g/mol. The average molecular weight is 393 g/mol. The molecule has 1 fully saturated rings. The topological polar surface area (TPSA) is 62.5 Å². The summed E-state index contributed by atoms with van der Waals surface area (Å²) < 4.78 is 5.25. The molecule has 0 bridgehead atoms. The third-order valence-corrected chi connectivity index (χ3v) is 5.75. The van der Waals surface area contributed by atoms with Crippen molar-refractivity contribution in [3.8, 4) is 0 Å². The summed E-state index contributed by atoms with van der Waals surface area (Å²) in [5.41, 5.74) is 2.92. The van der Waals surface area contributed by atoms with Crippen LogP contribution in [0.1, 0.15) is 32.9 Å². The van der Waals surface area contributed by atoms with Gasteiger partial charge >= 0.3 is 0 Å². The van der Waals surface area contributed by atoms with E-state index >= 15 is 0 Å². The van der Waals surface area contributed by atoms with Crippen LogP contribution < -0.4 is 0 Å². The van der Waals surface area contributed by atoms with E-state index in [0.717, 1.165) is 11.1 Å². The Morgan fingerprint density at radius 1 is 1.25 bits per heavy atom. The first-order valence-corrected chi connectivity index (χ1v) is 9.34. The highest BCUT2D eigenvalue weighted by molar-refractivity contribution is 6.30. The smallest absolute Gasteiger partial charge is 0.256 e. The Bertz CT molecular complexity index is 1110. The summed E-state index contributed by atoms with van der Waals surface area (Å²) in [5.74, 6) is 0.691. The largest absolute Gasteiger partial charge is 0.361 e. The second-order valence-electron chi connectivity index (χ2n) is 6.98. The molecule has 2 aliphatic rings. The first-order chi connectivity index (χ1) is 13.5. The number of pyridine rings is 1. The van der Waals surface area contributed by atoms with Gasteiger partial charge in [0.25, 0.3) is 5.91 Å². The lowest BCUT2D eigenvalue weighted by molar-refractivity contribution is 0.0586. The van der Waals surface area contributed by atoms with Crippen LogP contribution in [-0.4, -0.2) is 38.9 Å². The molecular formula is C21H17ClN4O2. The molecule has 0 aliphatic carbocycles. The van der Waals surface area contributed by atoms with Gasteiger partial charge < -0.3 is 14.3 Å². The minimum Gasteiger partial charge on any atom is -0.361 e. The third-order valence-electron chi connectivity index (χ3n) is 5.50. The molecule has 0 radical (unpaired) electrons. The average Bonchev–Trinajstić information content (AvgIpc) is 3.37. The molecule has 140 valence electrons. The fourth-order valence-corrected chi connectivity index (χ4v) is 4.46. The number of rotatable bonds is 3. The van der Waals surface area contributed by atoms with Crippen molar-refractivity contribution in [3.63, 3.8) is 0 Å². The van der Waals surface area contributed by atoms with Gasteiger partial charge in [-0.2, -0.15) is 0 Å². The van der Waals surface area contributed by atoms with Crippen molar-refractivity contribution in [2.75, 3.05) is 13.1 Å². The van der Waals surface area contributed by atoms with Crippen molar-refractivity contribution in [1.82, 2.24) is 19.9 Å². The fraction of sp³-hybridized carbons (Fsp3) is 0.190. The van der Waals surface area contributed by atoms with Crippen molar-refractivity contribution >= 4 is 23.2 Å². The Morgan fingerprint density at radius 2 is 2.04 bits per heavy atom. The second-order valence-corrected chi connectivity index (χ2v) is 7.41. The van der Waals surface area contributed by atoms with Gasteiger partial charge in [0.15, 0.2) is 5.66 Å². The van der Waals surface area contributed by atoms with Crippen LogP contribution in [0.2, 0.25) is 5.02 Å². The molecule has 1 atom stereocenters. The summed E-state index contributed by atoms with van der Waals surface area (Å²) in [6.45, 7) is 7.31. The van der Waals surface area contributed by atoms with Crippen molar-refractivity contribution < 1.29 is 9.32 Å². The number of amides is 1. The standard InChI is InChI=1S/C21H17ClN4O2/c1-13-11-19(24-28-13)14(2)25-9-10-26-20(27)17-7-8-23-12-18(17)21(25,26)15-3-5-16(22)6-4-15/h3-8,11-12H,2,9-10H2,1H3. The quantitative estimate of drug-likeness (QED) is 0.680.